The highest BCUT2D eigenvalue weighted by molar-refractivity contribution is 5.79. The Hall–Kier alpha value is -3.82. The quantitative estimate of drug-likeness (QED) is 0.230. The molecule has 0 spiro atoms. The summed E-state index contributed by atoms with van der Waals surface area (Å²) in [6.45, 7) is 5.03. The zero-order valence-corrected chi connectivity index (χ0v) is 24.5. The number of fused-ring (bicyclic) bond motifs is 2. The first-order chi connectivity index (χ1) is 20.5. The molecule has 3 aromatic carbocycles. The van der Waals surface area contributed by atoms with Gasteiger partial charge in [-0.3, -0.25) is 4.90 Å². The van der Waals surface area contributed by atoms with E-state index in [9.17, 15) is 4.79 Å². The van der Waals surface area contributed by atoms with Crippen LogP contribution in [0.1, 0.15) is 55.5 Å². The summed E-state index contributed by atoms with van der Waals surface area (Å²) in [6.07, 6.45) is 1.25. The van der Waals surface area contributed by atoms with Gasteiger partial charge in [0.1, 0.15) is 48.6 Å². The molecule has 0 saturated carbocycles. The minimum atomic E-state index is -1.55. The lowest BCUT2D eigenvalue weighted by molar-refractivity contribution is -0.142. The lowest BCUT2D eigenvalue weighted by atomic mass is 9.84. The van der Waals surface area contributed by atoms with Crippen LogP contribution in [0.25, 0.3) is 5.57 Å². The van der Waals surface area contributed by atoms with Crippen molar-refractivity contribution < 1.29 is 37.3 Å². The molecule has 1 N–H and O–H groups in total. The van der Waals surface area contributed by atoms with Crippen molar-refractivity contribution in [3.8, 4) is 11.5 Å². The van der Waals surface area contributed by atoms with Gasteiger partial charge in [-0.15, -0.1) is 0 Å². The van der Waals surface area contributed by atoms with Gasteiger partial charge >= 0.3 is 5.97 Å². The van der Waals surface area contributed by atoms with Crippen molar-refractivity contribution in [3.05, 3.63) is 100 Å². The van der Waals surface area contributed by atoms with Crippen LogP contribution in [-0.2, 0) is 22.6 Å². The Bertz CT molecular complexity index is 1480. The van der Waals surface area contributed by atoms with Gasteiger partial charge in [0.2, 0.25) is 0 Å². The number of halogens is 3. The van der Waals surface area contributed by atoms with E-state index in [4.69, 9.17) is 19.3 Å². The standard InChI is InChI=1S/C34H36F3NO5/c1-21-14-27-26-7-5-4-6-23(26)15-28(27)33(38(21)20-34(2,3)37)32-29(35)16-25(17-30(32)36)43-18-22-8-10-24(11-9-22)42-13-12-41-19-31(39)40/h4-11,16-17,21,33H,12-15,18-20H2,1-3H3,(H,39,40)/t21-,33+/m1/s1. The molecule has 0 saturated heterocycles. The van der Waals surface area contributed by atoms with Gasteiger partial charge in [-0.05, 0) is 73.6 Å². The second kappa shape index (κ2) is 12.8. The summed E-state index contributed by atoms with van der Waals surface area (Å²) in [5.74, 6) is -1.88. The number of benzene rings is 3. The number of nitrogens with zero attached hydrogens (tertiary/aromatic N) is 1. The van der Waals surface area contributed by atoms with Gasteiger partial charge in [0.25, 0.3) is 0 Å². The van der Waals surface area contributed by atoms with Crippen molar-refractivity contribution in [1.82, 2.24) is 4.90 Å². The number of carboxylic acids is 1. The van der Waals surface area contributed by atoms with Crippen LogP contribution >= 0.6 is 0 Å². The minimum absolute atomic E-state index is 0.0398. The average molecular weight is 596 g/mol. The van der Waals surface area contributed by atoms with Crippen LogP contribution in [0.2, 0.25) is 0 Å². The molecule has 5 rings (SSSR count). The van der Waals surface area contributed by atoms with Crippen LogP contribution in [0.5, 0.6) is 11.5 Å². The van der Waals surface area contributed by atoms with Crippen LogP contribution in [0.15, 0.2) is 66.2 Å². The fourth-order valence-corrected chi connectivity index (χ4v) is 5.98. The molecule has 0 fully saturated rings. The van der Waals surface area contributed by atoms with E-state index in [2.05, 4.69) is 6.07 Å². The van der Waals surface area contributed by atoms with E-state index in [1.54, 1.807) is 24.3 Å². The molecule has 0 bridgehead atoms. The number of hydrogen-bond donors (Lipinski definition) is 1. The molecule has 0 unspecified atom stereocenters. The lowest BCUT2D eigenvalue weighted by Crippen LogP contribution is -2.47. The van der Waals surface area contributed by atoms with Crippen LogP contribution in [0.3, 0.4) is 0 Å². The van der Waals surface area contributed by atoms with Gasteiger partial charge < -0.3 is 19.3 Å². The molecule has 3 aromatic rings. The molecule has 0 amide bonds. The van der Waals surface area contributed by atoms with Crippen LogP contribution in [-0.4, -0.2) is 54.1 Å². The molecule has 1 heterocycles. The van der Waals surface area contributed by atoms with E-state index in [0.717, 1.165) is 27.8 Å². The molecule has 0 radical (unpaired) electrons. The van der Waals surface area contributed by atoms with Gasteiger partial charge in [-0.2, -0.15) is 0 Å². The Kier molecular flexibility index (Phi) is 9.13. The van der Waals surface area contributed by atoms with Gasteiger partial charge in [0.15, 0.2) is 0 Å². The Morgan fingerprint density at radius 2 is 1.70 bits per heavy atom. The minimum Gasteiger partial charge on any atom is -0.491 e. The number of rotatable bonds is 12. The maximum atomic E-state index is 15.9. The number of ether oxygens (including phenoxy) is 3. The summed E-state index contributed by atoms with van der Waals surface area (Å²) in [4.78, 5) is 12.4. The SMILES string of the molecule is C[C@@H]1CC2=C(Cc3ccccc32)[C@@H](c2c(F)cc(OCc3ccc(OCCOCC(=O)O)cc3)cc2F)N1CC(C)(C)F. The number of alkyl halides is 1. The van der Waals surface area contributed by atoms with E-state index in [0.29, 0.717) is 18.6 Å². The number of aliphatic carboxylic acids is 1. The highest BCUT2D eigenvalue weighted by atomic mass is 19.1. The van der Waals surface area contributed by atoms with E-state index >= 15 is 13.2 Å². The van der Waals surface area contributed by atoms with Crippen LogP contribution in [0.4, 0.5) is 13.2 Å². The Balaban J connectivity index is 1.32. The van der Waals surface area contributed by atoms with Crippen molar-refractivity contribution in [2.45, 2.75) is 58.0 Å². The summed E-state index contributed by atoms with van der Waals surface area (Å²) >= 11 is 0. The molecular weight excluding hydrogens is 559 g/mol. The van der Waals surface area contributed by atoms with Crippen LogP contribution < -0.4 is 9.47 Å². The molecule has 43 heavy (non-hydrogen) atoms. The van der Waals surface area contributed by atoms with Crippen molar-refractivity contribution in [2.24, 2.45) is 0 Å². The molecule has 228 valence electrons. The zero-order chi connectivity index (χ0) is 30.7. The monoisotopic (exact) mass is 595 g/mol. The summed E-state index contributed by atoms with van der Waals surface area (Å²) in [7, 11) is 0. The highest BCUT2D eigenvalue weighted by Crippen LogP contribution is 2.50. The zero-order valence-electron chi connectivity index (χ0n) is 24.5. The van der Waals surface area contributed by atoms with Gasteiger partial charge in [0, 0.05) is 30.3 Å². The lowest BCUT2D eigenvalue weighted by Gasteiger charge is -2.44. The molecular formula is C34H36F3NO5. The predicted molar refractivity (Wildman–Crippen MR) is 157 cm³/mol. The average Bonchev–Trinajstić information content (AvgIpc) is 3.31. The fourth-order valence-electron chi connectivity index (χ4n) is 5.98. The molecule has 2 atom stereocenters. The number of carbonyl (C=O) groups is 1. The fraction of sp³-hybridized carbons (Fsp3) is 0.382. The third-order valence-electron chi connectivity index (χ3n) is 7.77. The van der Waals surface area contributed by atoms with E-state index < -0.39 is 29.3 Å². The van der Waals surface area contributed by atoms with Crippen molar-refractivity contribution in [2.75, 3.05) is 26.4 Å². The first-order valence-electron chi connectivity index (χ1n) is 14.4. The summed E-state index contributed by atoms with van der Waals surface area (Å²) in [5.41, 5.74) is 3.37. The molecule has 6 nitrogen and oxygen atoms in total. The predicted octanol–water partition coefficient (Wildman–Crippen LogP) is 6.92. The summed E-state index contributed by atoms with van der Waals surface area (Å²) in [6, 6.07) is 16.5. The van der Waals surface area contributed by atoms with Gasteiger partial charge in [0.05, 0.1) is 12.6 Å². The first-order valence-corrected chi connectivity index (χ1v) is 14.4. The Labute approximate surface area is 249 Å². The highest BCUT2D eigenvalue weighted by Gasteiger charge is 2.43. The smallest absolute Gasteiger partial charge is 0.329 e. The second-order valence-electron chi connectivity index (χ2n) is 11.7. The molecule has 1 aliphatic carbocycles. The third-order valence-corrected chi connectivity index (χ3v) is 7.77. The Morgan fingerprint density at radius 3 is 2.37 bits per heavy atom. The van der Waals surface area contributed by atoms with E-state index in [1.807, 2.05) is 30.0 Å². The molecule has 0 aromatic heterocycles. The topological polar surface area (TPSA) is 68.2 Å². The molecule has 2 aliphatic rings. The van der Waals surface area contributed by atoms with Gasteiger partial charge in [-0.1, -0.05) is 36.4 Å². The maximum absolute atomic E-state index is 15.9. The van der Waals surface area contributed by atoms with Crippen molar-refractivity contribution >= 4 is 11.5 Å². The van der Waals surface area contributed by atoms with Crippen LogP contribution in [0, 0.1) is 11.6 Å². The molecule has 1 aliphatic heterocycles. The van der Waals surface area contributed by atoms with Crippen molar-refractivity contribution in [1.29, 1.82) is 0 Å². The first kappa shape index (κ1) is 30.6. The molecule has 9 heteroatoms. The van der Waals surface area contributed by atoms with E-state index in [1.165, 1.54) is 26.0 Å². The summed E-state index contributed by atoms with van der Waals surface area (Å²) in [5, 5.41) is 8.58. The normalized spacial score (nSPS) is 18.4. The largest absolute Gasteiger partial charge is 0.491 e. The third kappa shape index (κ3) is 7.22. The number of hydrogen-bond acceptors (Lipinski definition) is 5. The number of carboxylic acid groups (broad SMARTS) is 1. The van der Waals surface area contributed by atoms with E-state index in [-0.39, 0.29) is 50.3 Å². The van der Waals surface area contributed by atoms with Crippen molar-refractivity contribution in [3.63, 3.8) is 0 Å². The summed E-state index contributed by atoms with van der Waals surface area (Å²) < 4.78 is 63.0. The Morgan fingerprint density at radius 1 is 1.00 bits per heavy atom. The maximum Gasteiger partial charge on any atom is 0.329 e. The van der Waals surface area contributed by atoms with Gasteiger partial charge in [-0.25, -0.2) is 18.0 Å². The second-order valence-corrected chi connectivity index (χ2v) is 11.7.